The summed E-state index contributed by atoms with van der Waals surface area (Å²) < 4.78 is 11.3. The third kappa shape index (κ3) is 5.06. The number of phenols is 1. The molecule has 0 amide bonds. The highest BCUT2D eigenvalue weighted by atomic mass is 16.5. The molecule has 11 nitrogen and oxygen atoms in total. The summed E-state index contributed by atoms with van der Waals surface area (Å²) in [5.41, 5.74) is 2.39. The summed E-state index contributed by atoms with van der Waals surface area (Å²) in [5, 5.41) is 34.6. The number of carboxylic acids is 2. The number of carboxylic acid groups (broad SMARTS) is 2. The summed E-state index contributed by atoms with van der Waals surface area (Å²) in [6.45, 7) is 1.61. The van der Waals surface area contributed by atoms with Crippen LogP contribution in [-0.4, -0.2) is 45.3 Å². The standard InChI is InChI=1S/C34H24N2O9/c1-16-12-22-28(14-27(16)38)45-31-20(29(22)21-13-18(32(39)40)6-8-19(21)34(43)44-2)9-11-26(37)23(31)15-35-24-5-3-4-17-7-10-25(33(41)42)36-30(17)24/h3-14,35,37H,15H2,1-2H3,(H,39,40)(H,41,42). The van der Waals surface area contributed by atoms with Gasteiger partial charge in [0, 0.05) is 34.5 Å². The van der Waals surface area contributed by atoms with Crippen molar-refractivity contribution in [2.75, 3.05) is 12.4 Å². The minimum Gasteiger partial charge on any atom is -0.507 e. The van der Waals surface area contributed by atoms with E-state index in [-0.39, 0.29) is 57.0 Å². The number of aromatic nitrogens is 1. The van der Waals surface area contributed by atoms with Crippen molar-refractivity contribution in [3.8, 4) is 28.2 Å². The predicted molar refractivity (Wildman–Crippen MR) is 165 cm³/mol. The van der Waals surface area contributed by atoms with Gasteiger partial charge in [-0.2, -0.15) is 0 Å². The quantitative estimate of drug-likeness (QED) is 0.126. The van der Waals surface area contributed by atoms with Gasteiger partial charge < -0.3 is 29.8 Å². The van der Waals surface area contributed by atoms with Crippen LogP contribution in [0.2, 0.25) is 0 Å². The molecule has 0 spiro atoms. The van der Waals surface area contributed by atoms with E-state index in [1.165, 1.54) is 43.5 Å². The summed E-state index contributed by atoms with van der Waals surface area (Å²) in [6.07, 6.45) is 0. The first-order valence-electron chi connectivity index (χ1n) is 13.6. The van der Waals surface area contributed by atoms with Crippen molar-refractivity contribution >= 4 is 45.5 Å². The van der Waals surface area contributed by atoms with Gasteiger partial charge in [0.15, 0.2) is 5.43 Å². The Morgan fingerprint density at radius 2 is 1.73 bits per heavy atom. The molecule has 0 radical (unpaired) electrons. The zero-order valence-electron chi connectivity index (χ0n) is 23.9. The Balaban J connectivity index is 1.61. The van der Waals surface area contributed by atoms with Crippen molar-refractivity contribution in [2.45, 2.75) is 13.5 Å². The molecule has 2 aliphatic rings. The van der Waals surface area contributed by atoms with Gasteiger partial charge in [-0.15, -0.1) is 0 Å². The van der Waals surface area contributed by atoms with Crippen molar-refractivity contribution in [3.05, 3.63) is 111 Å². The van der Waals surface area contributed by atoms with Crippen LogP contribution in [0.3, 0.4) is 0 Å². The molecule has 0 saturated carbocycles. The number of benzene rings is 4. The number of esters is 1. The van der Waals surface area contributed by atoms with Gasteiger partial charge in [-0.3, -0.25) is 4.79 Å². The second kappa shape index (κ2) is 11.1. The van der Waals surface area contributed by atoms with Gasteiger partial charge in [-0.1, -0.05) is 18.2 Å². The molecule has 3 aromatic carbocycles. The molecular weight excluding hydrogens is 580 g/mol. The normalized spacial score (nSPS) is 11.2. The number of aryl methyl sites for hydroxylation is 1. The lowest BCUT2D eigenvalue weighted by Crippen LogP contribution is -2.09. The number of methoxy groups -OCH3 is 1. The largest absolute Gasteiger partial charge is 0.507 e. The Bertz CT molecular complexity index is 2240. The molecule has 0 saturated heterocycles. The Morgan fingerprint density at radius 1 is 0.933 bits per heavy atom. The van der Waals surface area contributed by atoms with E-state index in [0.717, 1.165) is 0 Å². The van der Waals surface area contributed by atoms with Gasteiger partial charge in [0.05, 0.1) is 35.0 Å². The molecule has 0 fully saturated rings. The number of phenolic OH excluding ortho intramolecular Hbond substituents is 1. The molecule has 2 heterocycles. The zero-order valence-corrected chi connectivity index (χ0v) is 23.9. The summed E-state index contributed by atoms with van der Waals surface area (Å²) in [4.78, 5) is 53.4. The number of nitrogens with one attached hydrogen (secondary N) is 1. The van der Waals surface area contributed by atoms with Crippen LogP contribution in [0.15, 0.2) is 82.0 Å². The Hall–Kier alpha value is -6.23. The monoisotopic (exact) mass is 604 g/mol. The van der Waals surface area contributed by atoms with E-state index in [9.17, 15) is 34.5 Å². The van der Waals surface area contributed by atoms with Crippen LogP contribution >= 0.6 is 0 Å². The van der Waals surface area contributed by atoms with Crippen molar-refractivity contribution < 1.29 is 38.9 Å². The molecule has 4 N–H and O–H groups in total. The van der Waals surface area contributed by atoms with Gasteiger partial charge in [0.1, 0.15) is 22.8 Å². The van der Waals surface area contributed by atoms with E-state index in [4.69, 9.17) is 9.15 Å². The number of carbonyl (C=O) groups excluding carboxylic acids is 1. The van der Waals surface area contributed by atoms with Crippen molar-refractivity contribution in [2.24, 2.45) is 0 Å². The van der Waals surface area contributed by atoms with E-state index in [1.807, 2.05) is 0 Å². The van der Waals surface area contributed by atoms with Crippen LogP contribution in [0.5, 0.6) is 5.75 Å². The van der Waals surface area contributed by atoms with Crippen LogP contribution in [-0.2, 0) is 11.3 Å². The SMILES string of the molecule is COC(=O)c1ccc(C(=O)O)cc1-c1c2cc(C)c(=O)cc-2oc2c(CNc3cccc4ccc(C(=O)O)nc34)c(O)ccc12. The van der Waals surface area contributed by atoms with Crippen LogP contribution < -0.4 is 10.7 Å². The molecule has 11 heteroatoms. The molecule has 0 unspecified atom stereocenters. The van der Waals surface area contributed by atoms with E-state index in [2.05, 4.69) is 10.3 Å². The number of hydrogen-bond donors (Lipinski definition) is 4. The molecule has 1 aromatic heterocycles. The smallest absolute Gasteiger partial charge is 0.354 e. The minimum absolute atomic E-state index is 0.0230. The average molecular weight is 605 g/mol. The first-order chi connectivity index (χ1) is 21.6. The fourth-order valence-electron chi connectivity index (χ4n) is 5.36. The maximum Gasteiger partial charge on any atom is 0.354 e. The maximum atomic E-state index is 12.9. The number of aromatic carboxylic acids is 2. The Morgan fingerprint density at radius 3 is 2.47 bits per heavy atom. The van der Waals surface area contributed by atoms with Crippen LogP contribution in [0, 0.1) is 6.92 Å². The van der Waals surface area contributed by atoms with Crippen LogP contribution in [0.4, 0.5) is 5.69 Å². The van der Waals surface area contributed by atoms with Gasteiger partial charge in [-0.25, -0.2) is 19.4 Å². The lowest BCUT2D eigenvalue weighted by molar-refractivity contribution is 0.0598. The maximum absolute atomic E-state index is 12.9. The summed E-state index contributed by atoms with van der Waals surface area (Å²) in [5.74, 6) is -3.09. The number of fused-ring (bicyclic) bond motifs is 3. The fraction of sp³-hybridized carbons (Fsp3) is 0.0882. The molecule has 4 aromatic rings. The molecule has 45 heavy (non-hydrogen) atoms. The first kappa shape index (κ1) is 28.9. The second-order valence-electron chi connectivity index (χ2n) is 10.3. The molecule has 224 valence electrons. The van der Waals surface area contributed by atoms with E-state index in [1.54, 1.807) is 43.3 Å². The van der Waals surface area contributed by atoms with Gasteiger partial charge >= 0.3 is 17.9 Å². The zero-order chi connectivity index (χ0) is 32.0. The van der Waals surface area contributed by atoms with Crippen molar-refractivity contribution in [3.63, 3.8) is 0 Å². The third-order valence-corrected chi connectivity index (χ3v) is 7.60. The Kier molecular flexibility index (Phi) is 7.13. The fourth-order valence-corrected chi connectivity index (χ4v) is 5.36. The van der Waals surface area contributed by atoms with Gasteiger partial charge in [0.25, 0.3) is 0 Å². The molecule has 1 aliphatic carbocycles. The molecule has 1 aliphatic heterocycles. The highest BCUT2D eigenvalue weighted by molar-refractivity contribution is 6.10. The van der Waals surface area contributed by atoms with E-state index in [0.29, 0.717) is 38.7 Å². The summed E-state index contributed by atoms with van der Waals surface area (Å²) in [6, 6.07) is 18.3. The summed E-state index contributed by atoms with van der Waals surface area (Å²) in [7, 11) is 1.21. The molecule has 0 bridgehead atoms. The number of rotatable bonds is 7. The van der Waals surface area contributed by atoms with Crippen LogP contribution in [0.25, 0.3) is 44.3 Å². The first-order valence-corrected chi connectivity index (χ1v) is 13.6. The Labute approximate surface area is 254 Å². The highest BCUT2D eigenvalue weighted by Crippen LogP contribution is 2.44. The number of para-hydroxylation sites is 1. The highest BCUT2D eigenvalue weighted by Gasteiger charge is 2.26. The number of aromatic hydroxyl groups is 1. The number of carbonyl (C=O) groups is 3. The van der Waals surface area contributed by atoms with E-state index >= 15 is 0 Å². The molecular formula is C34H24N2O9. The van der Waals surface area contributed by atoms with Gasteiger partial charge in [0.2, 0.25) is 0 Å². The number of nitrogens with zero attached hydrogens (tertiary/aromatic N) is 1. The average Bonchev–Trinajstić information content (AvgIpc) is 3.03. The number of pyridine rings is 1. The number of anilines is 1. The second-order valence-corrected chi connectivity index (χ2v) is 10.3. The lowest BCUT2D eigenvalue weighted by Gasteiger charge is -2.20. The van der Waals surface area contributed by atoms with E-state index < -0.39 is 17.9 Å². The lowest BCUT2D eigenvalue weighted by atomic mass is 9.88. The third-order valence-electron chi connectivity index (χ3n) is 7.60. The van der Waals surface area contributed by atoms with Crippen molar-refractivity contribution in [1.29, 1.82) is 0 Å². The van der Waals surface area contributed by atoms with Crippen LogP contribution in [0.1, 0.15) is 42.3 Å². The van der Waals surface area contributed by atoms with Crippen molar-refractivity contribution in [1.82, 2.24) is 4.98 Å². The summed E-state index contributed by atoms with van der Waals surface area (Å²) >= 11 is 0. The van der Waals surface area contributed by atoms with Gasteiger partial charge in [-0.05, 0) is 66.6 Å². The minimum atomic E-state index is -1.21. The number of hydrogen-bond acceptors (Lipinski definition) is 9. The molecule has 0 atom stereocenters. The topological polar surface area (TPSA) is 176 Å². The predicted octanol–water partition coefficient (Wildman–Crippen LogP) is 5.92. The molecule has 6 rings (SSSR count). The number of ether oxygens (including phenoxy) is 1.